The molecular weight excluding hydrogens is 231 g/mol. The van der Waals surface area contributed by atoms with E-state index >= 15 is 0 Å². The fourth-order valence-electron chi connectivity index (χ4n) is 2.46. The fourth-order valence-corrected chi connectivity index (χ4v) is 2.46. The molecule has 1 aliphatic heterocycles. The summed E-state index contributed by atoms with van der Waals surface area (Å²) in [5.74, 6) is 0.524. The normalized spacial score (nSPS) is 24.1. The van der Waals surface area contributed by atoms with Crippen LogP contribution in [0.25, 0.3) is 0 Å². The van der Waals surface area contributed by atoms with Crippen molar-refractivity contribution in [2.75, 3.05) is 25.1 Å². The Kier molecular flexibility index (Phi) is 4.07. The summed E-state index contributed by atoms with van der Waals surface area (Å²) in [6.45, 7) is 5.97. The lowest BCUT2D eigenvalue weighted by molar-refractivity contribution is 0.394. The van der Waals surface area contributed by atoms with Crippen molar-refractivity contribution < 1.29 is 9.13 Å². The summed E-state index contributed by atoms with van der Waals surface area (Å²) in [5.41, 5.74) is 0.648. The molecule has 18 heavy (non-hydrogen) atoms. The standard InChI is InChI=1S/C14H21FN2O/c1-4-11-8-16-10(2)9-17(11)14-7-12(18-3)5-6-13(14)15/h5-7,10-11,16H,4,8-9H2,1-3H3. The second kappa shape index (κ2) is 5.57. The van der Waals surface area contributed by atoms with Crippen molar-refractivity contribution >= 4 is 5.69 Å². The predicted molar refractivity (Wildman–Crippen MR) is 71.8 cm³/mol. The molecular formula is C14H21FN2O. The van der Waals surface area contributed by atoms with Gasteiger partial charge in [-0.05, 0) is 25.5 Å². The summed E-state index contributed by atoms with van der Waals surface area (Å²) in [5, 5.41) is 3.44. The first-order valence-electron chi connectivity index (χ1n) is 6.49. The highest BCUT2D eigenvalue weighted by atomic mass is 19.1. The van der Waals surface area contributed by atoms with Crippen molar-refractivity contribution in [1.82, 2.24) is 5.32 Å². The molecule has 0 saturated carbocycles. The molecule has 2 atom stereocenters. The van der Waals surface area contributed by atoms with Crippen LogP contribution in [0.3, 0.4) is 0 Å². The van der Waals surface area contributed by atoms with Crippen LogP contribution in [-0.4, -0.2) is 32.3 Å². The molecule has 0 bridgehead atoms. The van der Waals surface area contributed by atoms with Gasteiger partial charge in [0.05, 0.1) is 12.8 Å². The monoisotopic (exact) mass is 252 g/mol. The van der Waals surface area contributed by atoms with Gasteiger partial charge in [0.25, 0.3) is 0 Å². The molecule has 0 aliphatic carbocycles. The first-order valence-corrected chi connectivity index (χ1v) is 6.49. The summed E-state index contributed by atoms with van der Waals surface area (Å²) in [7, 11) is 1.61. The largest absolute Gasteiger partial charge is 0.497 e. The van der Waals surface area contributed by atoms with Crippen molar-refractivity contribution in [2.24, 2.45) is 0 Å². The van der Waals surface area contributed by atoms with Gasteiger partial charge in [-0.25, -0.2) is 4.39 Å². The van der Waals surface area contributed by atoms with E-state index in [-0.39, 0.29) is 5.82 Å². The Bertz CT molecular complexity index is 411. The molecule has 1 fully saturated rings. The minimum atomic E-state index is -0.177. The van der Waals surface area contributed by atoms with Gasteiger partial charge >= 0.3 is 0 Å². The van der Waals surface area contributed by atoms with Crippen molar-refractivity contribution in [3.8, 4) is 5.75 Å². The zero-order valence-corrected chi connectivity index (χ0v) is 11.2. The minimum absolute atomic E-state index is 0.177. The molecule has 3 nitrogen and oxygen atoms in total. The smallest absolute Gasteiger partial charge is 0.146 e. The van der Waals surface area contributed by atoms with Gasteiger partial charge in [0.15, 0.2) is 0 Å². The summed E-state index contributed by atoms with van der Waals surface area (Å²) >= 11 is 0. The number of anilines is 1. The number of hydrogen-bond acceptors (Lipinski definition) is 3. The SMILES string of the molecule is CCC1CNC(C)CN1c1cc(OC)ccc1F. The number of piperazine rings is 1. The molecule has 0 radical (unpaired) electrons. The molecule has 0 spiro atoms. The van der Waals surface area contributed by atoms with Crippen LogP contribution >= 0.6 is 0 Å². The van der Waals surface area contributed by atoms with Crippen LogP contribution in [0.2, 0.25) is 0 Å². The number of nitrogens with zero attached hydrogens (tertiary/aromatic N) is 1. The lowest BCUT2D eigenvalue weighted by atomic mass is 10.1. The molecule has 1 aromatic carbocycles. The molecule has 2 unspecified atom stereocenters. The molecule has 1 aliphatic rings. The number of benzene rings is 1. The Balaban J connectivity index is 2.32. The molecule has 0 aromatic heterocycles. The van der Waals surface area contributed by atoms with Gasteiger partial charge in [0.1, 0.15) is 11.6 Å². The van der Waals surface area contributed by atoms with Crippen LogP contribution in [0.15, 0.2) is 18.2 Å². The highest BCUT2D eigenvalue weighted by Crippen LogP contribution is 2.28. The van der Waals surface area contributed by atoms with E-state index in [0.717, 1.165) is 19.5 Å². The van der Waals surface area contributed by atoms with Crippen molar-refractivity contribution in [3.05, 3.63) is 24.0 Å². The maximum atomic E-state index is 14.0. The Labute approximate surface area is 108 Å². The van der Waals surface area contributed by atoms with Crippen LogP contribution in [0, 0.1) is 5.82 Å². The Morgan fingerprint density at radius 3 is 2.94 bits per heavy atom. The van der Waals surface area contributed by atoms with E-state index in [9.17, 15) is 4.39 Å². The van der Waals surface area contributed by atoms with Crippen molar-refractivity contribution in [3.63, 3.8) is 0 Å². The van der Waals surface area contributed by atoms with Gasteiger partial charge in [-0.15, -0.1) is 0 Å². The Morgan fingerprint density at radius 1 is 1.50 bits per heavy atom. The van der Waals surface area contributed by atoms with Gasteiger partial charge in [-0.3, -0.25) is 0 Å². The van der Waals surface area contributed by atoms with Crippen LogP contribution in [0.5, 0.6) is 5.75 Å². The lowest BCUT2D eigenvalue weighted by Gasteiger charge is -2.40. The Morgan fingerprint density at radius 2 is 2.28 bits per heavy atom. The highest BCUT2D eigenvalue weighted by Gasteiger charge is 2.26. The minimum Gasteiger partial charge on any atom is -0.497 e. The van der Waals surface area contributed by atoms with E-state index in [1.165, 1.54) is 6.07 Å². The maximum Gasteiger partial charge on any atom is 0.146 e. The van der Waals surface area contributed by atoms with Gasteiger partial charge < -0.3 is 15.0 Å². The summed E-state index contributed by atoms with van der Waals surface area (Å²) in [4.78, 5) is 2.15. The third-order valence-electron chi connectivity index (χ3n) is 3.55. The molecule has 1 N–H and O–H groups in total. The first-order chi connectivity index (χ1) is 8.65. The van der Waals surface area contributed by atoms with Gasteiger partial charge in [0, 0.05) is 31.2 Å². The third-order valence-corrected chi connectivity index (χ3v) is 3.55. The molecule has 1 saturated heterocycles. The van der Waals surface area contributed by atoms with E-state index in [0.29, 0.717) is 23.5 Å². The number of ether oxygens (including phenoxy) is 1. The number of rotatable bonds is 3. The Hall–Kier alpha value is -1.29. The topological polar surface area (TPSA) is 24.5 Å². The second-order valence-corrected chi connectivity index (χ2v) is 4.84. The van der Waals surface area contributed by atoms with Gasteiger partial charge in [-0.2, -0.15) is 0 Å². The van der Waals surface area contributed by atoms with E-state index in [1.807, 2.05) is 0 Å². The molecule has 1 aromatic rings. The van der Waals surface area contributed by atoms with Crippen LogP contribution < -0.4 is 15.0 Å². The quantitative estimate of drug-likeness (QED) is 0.894. The molecule has 1 heterocycles. The average molecular weight is 252 g/mol. The number of methoxy groups -OCH3 is 1. The highest BCUT2D eigenvalue weighted by molar-refractivity contribution is 5.53. The predicted octanol–water partition coefficient (Wildman–Crippen LogP) is 2.41. The van der Waals surface area contributed by atoms with E-state index < -0.39 is 0 Å². The van der Waals surface area contributed by atoms with Crippen LogP contribution in [-0.2, 0) is 0 Å². The molecule has 2 rings (SSSR count). The van der Waals surface area contributed by atoms with Gasteiger partial charge in [0.2, 0.25) is 0 Å². The van der Waals surface area contributed by atoms with Crippen molar-refractivity contribution in [1.29, 1.82) is 0 Å². The van der Waals surface area contributed by atoms with E-state index in [1.54, 1.807) is 19.2 Å². The third kappa shape index (κ3) is 2.58. The number of nitrogens with one attached hydrogen (secondary N) is 1. The average Bonchev–Trinajstić information content (AvgIpc) is 2.39. The zero-order chi connectivity index (χ0) is 13.1. The number of hydrogen-bond donors (Lipinski definition) is 1. The summed E-state index contributed by atoms with van der Waals surface area (Å²) in [6.07, 6.45) is 0.996. The maximum absolute atomic E-state index is 14.0. The van der Waals surface area contributed by atoms with Crippen LogP contribution in [0.4, 0.5) is 10.1 Å². The summed E-state index contributed by atoms with van der Waals surface area (Å²) < 4.78 is 19.2. The second-order valence-electron chi connectivity index (χ2n) is 4.84. The number of halogens is 1. The van der Waals surface area contributed by atoms with Gasteiger partial charge in [-0.1, -0.05) is 6.92 Å². The van der Waals surface area contributed by atoms with Crippen molar-refractivity contribution in [2.45, 2.75) is 32.4 Å². The molecule has 0 amide bonds. The van der Waals surface area contributed by atoms with Crippen LogP contribution in [0.1, 0.15) is 20.3 Å². The fraction of sp³-hybridized carbons (Fsp3) is 0.571. The van der Waals surface area contributed by atoms with E-state index in [4.69, 9.17) is 4.74 Å². The zero-order valence-electron chi connectivity index (χ0n) is 11.2. The molecule has 4 heteroatoms. The molecule has 100 valence electrons. The lowest BCUT2D eigenvalue weighted by Crippen LogP contribution is -2.55. The van der Waals surface area contributed by atoms with E-state index in [2.05, 4.69) is 24.1 Å². The summed E-state index contributed by atoms with van der Waals surface area (Å²) in [6, 6.07) is 5.64. The first kappa shape index (κ1) is 13.1.